The number of benzene rings is 1. The Bertz CT molecular complexity index is 719. The molecule has 1 N–H and O–H groups in total. The predicted molar refractivity (Wildman–Crippen MR) is 105 cm³/mol. The zero-order chi connectivity index (χ0) is 18.6. The van der Waals surface area contributed by atoms with Crippen molar-refractivity contribution in [2.45, 2.75) is 64.3 Å². The van der Waals surface area contributed by atoms with Gasteiger partial charge < -0.3 is 10.2 Å². The van der Waals surface area contributed by atoms with Gasteiger partial charge >= 0.3 is 0 Å². The SMILES string of the molecule is Cc1ccc(NC(=O)C2CCCN2C(=O)C23CC4CC(CC(C4)C2)C3)cc1. The lowest BCUT2D eigenvalue weighted by Gasteiger charge is -2.56. The number of nitrogens with zero attached hydrogens (tertiary/aromatic N) is 1. The van der Waals surface area contributed by atoms with E-state index in [1.54, 1.807) is 0 Å². The van der Waals surface area contributed by atoms with Gasteiger partial charge in [0.1, 0.15) is 6.04 Å². The average Bonchev–Trinajstić information content (AvgIpc) is 3.11. The van der Waals surface area contributed by atoms with E-state index in [9.17, 15) is 9.59 Å². The molecule has 1 unspecified atom stereocenters. The highest BCUT2D eigenvalue weighted by Crippen LogP contribution is 2.60. The lowest BCUT2D eigenvalue weighted by Crippen LogP contribution is -2.56. The topological polar surface area (TPSA) is 49.4 Å². The Morgan fingerprint density at radius 2 is 1.59 bits per heavy atom. The first-order valence-electron chi connectivity index (χ1n) is 10.7. The summed E-state index contributed by atoms with van der Waals surface area (Å²) < 4.78 is 0. The molecule has 0 radical (unpaired) electrons. The summed E-state index contributed by atoms with van der Waals surface area (Å²) in [6.45, 7) is 2.78. The van der Waals surface area contributed by atoms with Gasteiger partial charge in [-0.15, -0.1) is 0 Å². The van der Waals surface area contributed by atoms with E-state index in [1.165, 1.54) is 24.8 Å². The molecule has 1 heterocycles. The standard InChI is InChI=1S/C23H30N2O2/c1-15-4-6-19(7-5-15)24-21(26)20-3-2-8-25(20)22(27)23-12-16-9-17(13-23)11-18(10-16)14-23/h4-7,16-18,20H,2-3,8-14H2,1H3,(H,24,26). The Balaban J connectivity index is 1.32. The van der Waals surface area contributed by atoms with Crippen molar-refractivity contribution in [3.05, 3.63) is 29.8 Å². The fourth-order valence-electron chi connectivity index (χ4n) is 6.82. The summed E-state index contributed by atoms with van der Waals surface area (Å²) in [7, 11) is 0. The lowest BCUT2D eigenvalue weighted by molar-refractivity contribution is -0.160. The quantitative estimate of drug-likeness (QED) is 0.874. The Morgan fingerprint density at radius 1 is 1.00 bits per heavy atom. The van der Waals surface area contributed by atoms with Crippen LogP contribution in [0.5, 0.6) is 0 Å². The monoisotopic (exact) mass is 366 g/mol. The first-order valence-corrected chi connectivity index (χ1v) is 10.7. The second-order valence-electron chi connectivity index (χ2n) is 9.71. The molecule has 4 bridgehead atoms. The second-order valence-corrected chi connectivity index (χ2v) is 9.71. The van der Waals surface area contributed by atoms with Crippen molar-refractivity contribution < 1.29 is 9.59 Å². The van der Waals surface area contributed by atoms with Gasteiger partial charge in [0.2, 0.25) is 11.8 Å². The number of anilines is 1. The summed E-state index contributed by atoms with van der Waals surface area (Å²) in [5.74, 6) is 2.53. The summed E-state index contributed by atoms with van der Waals surface area (Å²) in [6, 6.07) is 7.58. The highest BCUT2D eigenvalue weighted by atomic mass is 16.2. The predicted octanol–water partition coefficient (Wildman–Crippen LogP) is 4.14. The molecular formula is C23H30N2O2. The van der Waals surface area contributed by atoms with E-state index in [2.05, 4.69) is 5.32 Å². The molecular weight excluding hydrogens is 336 g/mol. The number of aryl methyl sites for hydroxylation is 1. The van der Waals surface area contributed by atoms with Gasteiger partial charge in [0, 0.05) is 12.2 Å². The minimum Gasteiger partial charge on any atom is -0.330 e. The van der Waals surface area contributed by atoms with Gasteiger partial charge in [-0.25, -0.2) is 0 Å². The fraction of sp³-hybridized carbons (Fsp3) is 0.652. The number of rotatable bonds is 3. The minimum atomic E-state index is -0.299. The Hall–Kier alpha value is -1.84. The summed E-state index contributed by atoms with van der Waals surface area (Å²) >= 11 is 0. The number of nitrogens with one attached hydrogen (secondary N) is 1. The molecule has 5 aliphatic rings. The van der Waals surface area contributed by atoms with E-state index in [4.69, 9.17) is 0 Å². The molecule has 5 fully saturated rings. The Morgan fingerprint density at radius 3 is 2.19 bits per heavy atom. The number of likely N-dealkylation sites (tertiary alicyclic amines) is 1. The molecule has 144 valence electrons. The fourth-order valence-corrected chi connectivity index (χ4v) is 6.82. The molecule has 0 aromatic heterocycles. The van der Waals surface area contributed by atoms with Crippen molar-refractivity contribution in [2.75, 3.05) is 11.9 Å². The van der Waals surface area contributed by atoms with E-state index in [1.807, 2.05) is 36.1 Å². The third kappa shape index (κ3) is 2.97. The molecule has 4 nitrogen and oxygen atoms in total. The van der Waals surface area contributed by atoms with Crippen LogP contribution in [0, 0.1) is 30.1 Å². The third-order valence-electron chi connectivity index (χ3n) is 7.63. The summed E-state index contributed by atoms with van der Waals surface area (Å²) in [4.78, 5) is 28.5. The molecule has 1 aliphatic heterocycles. The van der Waals surface area contributed by atoms with Crippen LogP contribution in [0.25, 0.3) is 0 Å². The number of amides is 2. The smallest absolute Gasteiger partial charge is 0.247 e. The van der Waals surface area contributed by atoms with Crippen molar-refractivity contribution in [3.8, 4) is 0 Å². The zero-order valence-corrected chi connectivity index (χ0v) is 16.2. The molecule has 4 saturated carbocycles. The van der Waals surface area contributed by atoms with Crippen LogP contribution in [-0.2, 0) is 9.59 Å². The van der Waals surface area contributed by atoms with Crippen LogP contribution < -0.4 is 5.32 Å². The van der Waals surface area contributed by atoms with Crippen LogP contribution in [-0.4, -0.2) is 29.3 Å². The van der Waals surface area contributed by atoms with E-state index in [-0.39, 0.29) is 17.4 Å². The van der Waals surface area contributed by atoms with Crippen LogP contribution in [0.2, 0.25) is 0 Å². The van der Waals surface area contributed by atoms with Gasteiger partial charge in [-0.05, 0) is 88.2 Å². The molecule has 4 heteroatoms. The van der Waals surface area contributed by atoms with Crippen LogP contribution >= 0.6 is 0 Å². The summed E-state index contributed by atoms with van der Waals surface area (Å²) in [6.07, 6.45) is 8.94. The van der Waals surface area contributed by atoms with E-state index < -0.39 is 0 Å². The highest BCUT2D eigenvalue weighted by molar-refractivity contribution is 5.98. The average molecular weight is 367 g/mol. The largest absolute Gasteiger partial charge is 0.330 e. The maximum absolute atomic E-state index is 13.7. The third-order valence-corrected chi connectivity index (χ3v) is 7.63. The van der Waals surface area contributed by atoms with Crippen molar-refractivity contribution >= 4 is 17.5 Å². The molecule has 4 aliphatic carbocycles. The van der Waals surface area contributed by atoms with Gasteiger partial charge in [0.05, 0.1) is 5.41 Å². The van der Waals surface area contributed by atoms with Crippen LogP contribution in [0.1, 0.15) is 56.9 Å². The number of carbonyl (C=O) groups is 2. The number of carbonyl (C=O) groups excluding carboxylic acids is 2. The Labute approximate surface area is 161 Å². The summed E-state index contributed by atoms with van der Waals surface area (Å²) in [5.41, 5.74) is 1.84. The molecule has 1 aromatic carbocycles. The normalized spacial score (nSPS) is 36.9. The zero-order valence-electron chi connectivity index (χ0n) is 16.2. The van der Waals surface area contributed by atoms with Crippen molar-refractivity contribution in [2.24, 2.45) is 23.2 Å². The molecule has 6 rings (SSSR count). The molecule has 2 amide bonds. The summed E-state index contributed by atoms with van der Waals surface area (Å²) in [5, 5.41) is 3.04. The van der Waals surface area contributed by atoms with Crippen LogP contribution in [0.3, 0.4) is 0 Å². The molecule has 0 spiro atoms. The van der Waals surface area contributed by atoms with Crippen LogP contribution in [0.15, 0.2) is 24.3 Å². The first-order chi connectivity index (χ1) is 13.0. The van der Waals surface area contributed by atoms with E-state index in [0.717, 1.165) is 62.1 Å². The molecule has 27 heavy (non-hydrogen) atoms. The minimum absolute atomic E-state index is 0.0190. The van der Waals surface area contributed by atoms with Crippen LogP contribution in [0.4, 0.5) is 5.69 Å². The Kier molecular flexibility index (Phi) is 4.06. The maximum atomic E-state index is 13.7. The molecule has 1 atom stereocenters. The van der Waals surface area contributed by atoms with Crippen molar-refractivity contribution in [1.29, 1.82) is 0 Å². The highest BCUT2D eigenvalue weighted by Gasteiger charge is 2.56. The number of hydrogen-bond donors (Lipinski definition) is 1. The van der Waals surface area contributed by atoms with Gasteiger partial charge in [-0.1, -0.05) is 17.7 Å². The van der Waals surface area contributed by atoms with Crippen molar-refractivity contribution in [3.63, 3.8) is 0 Å². The van der Waals surface area contributed by atoms with E-state index in [0.29, 0.717) is 5.91 Å². The van der Waals surface area contributed by atoms with Gasteiger partial charge in [-0.2, -0.15) is 0 Å². The maximum Gasteiger partial charge on any atom is 0.247 e. The number of hydrogen-bond acceptors (Lipinski definition) is 2. The van der Waals surface area contributed by atoms with Gasteiger partial charge in [0.15, 0.2) is 0 Å². The second kappa shape index (κ2) is 6.35. The van der Waals surface area contributed by atoms with Gasteiger partial charge in [-0.3, -0.25) is 9.59 Å². The van der Waals surface area contributed by atoms with E-state index >= 15 is 0 Å². The molecule has 1 aromatic rings. The first kappa shape index (κ1) is 17.3. The van der Waals surface area contributed by atoms with Crippen molar-refractivity contribution in [1.82, 2.24) is 4.90 Å². The molecule has 1 saturated heterocycles. The lowest BCUT2D eigenvalue weighted by atomic mass is 9.49. The van der Waals surface area contributed by atoms with Gasteiger partial charge in [0.25, 0.3) is 0 Å².